The van der Waals surface area contributed by atoms with E-state index in [0.717, 1.165) is 23.1 Å². The van der Waals surface area contributed by atoms with Crippen LogP contribution in [0.3, 0.4) is 0 Å². The molecule has 1 aromatic carbocycles. The molecule has 0 aromatic heterocycles. The van der Waals surface area contributed by atoms with E-state index in [1.807, 2.05) is 17.8 Å². The Hall–Kier alpha value is -0.290. The number of hydrogen-bond acceptors (Lipinski definition) is 3. The Morgan fingerprint density at radius 1 is 1.26 bits per heavy atom. The van der Waals surface area contributed by atoms with Gasteiger partial charge in [0.25, 0.3) is 0 Å². The lowest BCUT2D eigenvalue weighted by molar-refractivity contribution is 0.503. The van der Waals surface area contributed by atoms with Crippen molar-refractivity contribution < 1.29 is 0 Å². The van der Waals surface area contributed by atoms with Gasteiger partial charge in [0, 0.05) is 21.2 Å². The fourth-order valence-corrected chi connectivity index (χ4v) is 3.05. The number of benzene rings is 1. The third-order valence-corrected chi connectivity index (χ3v) is 4.66. The van der Waals surface area contributed by atoms with Crippen LogP contribution in [-0.4, -0.2) is 11.8 Å². The highest BCUT2D eigenvalue weighted by Gasteiger charge is 2.07. The van der Waals surface area contributed by atoms with Crippen LogP contribution >= 0.6 is 27.7 Å². The molecule has 1 rings (SSSR count). The first-order valence-corrected chi connectivity index (χ1v) is 8.49. The highest BCUT2D eigenvalue weighted by molar-refractivity contribution is 9.10. The van der Waals surface area contributed by atoms with E-state index in [4.69, 9.17) is 5.84 Å². The Labute approximate surface area is 129 Å². The molecule has 0 aliphatic carbocycles. The van der Waals surface area contributed by atoms with Crippen LogP contribution in [0.2, 0.25) is 0 Å². The molecule has 0 saturated heterocycles. The predicted molar refractivity (Wildman–Crippen MR) is 89.3 cm³/mol. The van der Waals surface area contributed by atoms with E-state index in [1.165, 1.54) is 24.2 Å². The number of thioether (sulfide) groups is 1. The fraction of sp³-hybridized carbons (Fsp3) is 0.467. The Morgan fingerprint density at radius 2 is 2.00 bits per heavy atom. The summed E-state index contributed by atoms with van der Waals surface area (Å²) in [6.07, 6.45) is 7.96. The average Bonchev–Trinajstić information content (AvgIpc) is 2.44. The van der Waals surface area contributed by atoms with Crippen molar-refractivity contribution in [2.75, 3.05) is 5.75 Å². The number of rotatable bonds is 10. The summed E-state index contributed by atoms with van der Waals surface area (Å²) in [4.78, 5) is 1.29. The number of unbranched alkanes of at least 4 members (excludes halogenated alkanes) is 3. The van der Waals surface area contributed by atoms with Gasteiger partial charge >= 0.3 is 0 Å². The summed E-state index contributed by atoms with van der Waals surface area (Å²) in [5.74, 6) is 6.63. The first kappa shape index (κ1) is 16.8. The quantitative estimate of drug-likeness (QED) is 0.216. The molecule has 19 heavy (non-hydrogen) atoms. The third-order valence-electron chi connectivity index (χ3n) is 2.96. The number of nitrogens with two attached hydrogens (primary N) is 1. The molecule has 0 amide bonds. The molecule has 0 aliphatic rings. The van der Waals surface area contributed by atoms with E-state index in [1.54, 1.807) is 0 Å². The van der Waals surface area contributed by atoms with Crippen LogP contribution in [0.5, 0.6) is 0 Å². The first-order chi connectivity index (χ1) is 9.26. The number of allylic oxidation sites excluding steroid dienone is 1. The topological polar surface area (TPSA) is 38.0 Å². The van der Waals surface area contributed by atoms with Gasteiger partial charge in [-0.15, -0.1) is 18.3 Å². The van der Waals surface area contributed by atoms with Gasteiger partial charge in [0.15, 0.2) is 0 Å². The number of halogens is 1. The van der Waals surface area contributed by atoms with E-state index in [9.17, 15) is 0 Å². The second-order valence-corrected chi connectivity index (χ2v) is 6.56. The summed E-state index contributed by atoms with van der Waals surface area (Å²) in [6, 6.07) is 8.79. The highest BCUT2D eigenvalue weighted by atomic mass is 79.9. The smallest absolute Gasteiger partial charge is 0.0304 e. The van der Waals surface area contributed by atoms with Crippen molar-refractivity contribution in [1.29, 1.82) is 0 Å². The van der Waals surface area contributed by atoms with Gasteiger partial charge < -0.3 is 0 Å². The molecule has 0 aliphatic heterocycles. The molecule has 1 atom stereocenters. The van der Waals surface area contributed by atoms with Crippen molar-refractivity contribution in [3.8, 4) is 0 Å². The summed E-state index contributed by atoms with van der Waals surface area (Å²) in [7, 11) is 0. The summed E-state index contributed by atoms with van der Waals surface area (Å²) in [6.45, 7) is 3.74. The average molecular weight is 343 g/mol. The Morgan fingerprint density at radius 3 is 2.63 bits per heavy atom. The molecule has 1 unspecified atom stereocenters. The minimum absolute atomic E-state index is 0.386. The van der Waals surface area contributed by atoms with Crippen molar-refractivity contribution in [2.24, 2.45) is 5.84 Å². The van der Waals surface area contributed by atoms with E-state index in [0.29, 0.717) is 6.04 Å². The van der Waals surface area contributed by atoms with Gasteiger partial charge in [-0.3, -0.25) is 11.3 Å². The van der Waals surface area contributed by atoms with Gasteiger partial charge in [0.1, 0.15) is 0 Å². The third kappa shape index (κ3) is 7.78. The van der Waals surface area contributed by atoms with Gasteiger partial charge in [-0.1, -0.05) is 34.8 Å². The molecule has 0 spiro atoms. The van der Waals surface area contributed by atoms with E-state index >= 15 is 0 Å². The van der Waals surface area contributed by atoms with E-state index < -0.39 is 0 Å². The monoisotopic (exact) mass is 342 g/mol. The van der Waals surface area contributed by atoms with Gasteiger partial charge in [-0.05, 0) is 43.5 Å². The minimum atomic E-state index is 0.386. The van der Waals surface area contributed by atoms with E-state index in [-0.39, 0.29) is 0 Å². The second-order valence-electron chi connectivity index (χ2n) is 4.56. The summed E-state index contributed by atoms with van der Waals surface area (Å²) < 4.78 is 1.12. The maximum Gasteiger partial charge on any atom is 0.0304 e. The molecule has 0 saturated carbocycles. The molecule has 1 aromatic rings. The number of hydrogen-bond donors (Lipinski definition) is 2. The molecule has 0 fully saturated rings. The predicted octanol–water partition coefficient (Wildman–Crippen LogP) is 4.51. The van der Waals surface area contributed by atoms with Gasteiger partial charge in [-0.25, -0.2) is 0 Å². The minimum Gasteiger partial charge on any atom is -0.271 e. The first-order valence-electron chi connectivity index (χ1n) is 6.71. The van der Waals surface area contributed by atoms with Crippen molar-refractivity contribution >= 4 is 27.7 Å². The lowest BCUT2D eigenvalue weighted by atomic mass is 10.1. The maximum absolute atomic E-state index is 5.61. The summed E-state index contributed by atoms with van der Waals surface area (Å²) in [5.41, 5.74) is 2.92. The summed E-state index contributed by atoms with van der Waals surface area (Å²) >= 11 is 5.30. The molecule has 4 heteroatoms. The zero-order chi connectivity index (χ0) is 13.9. The maximum atomic E-state index is 5.61. The molecule has 3 N–H and O–H groups in total. The zero-order valence-electron chi connectivity index (χ0n) is 11.3. The SMILES string of the molecule is C=CCCCCCC(CSc1ccc(Br)cc1)NN. The Bertz CT molecular complexity index is 354. The highest BCUT2D eigenvalue weighted by Crippen LogP contribution is 2.22. The lowest BCUT2D eigenvalue weighted by Crippen LogP contribution is -2.36. The van der Waals surface area contributed by atoms with Crippen LogP contribution < -0.4 is 11.3 Å². The summed E-state index contributed by atoms with van der Waals surface area (Å²) in [5, 5.41) is 0. The molecular formula is C15H23BrN2S. The van der Waals surface area contributed by atoms with Crippen molar-refractivity contribution in [3.63, 3.8) is 0 Å². The van der Waals surface area contributed by atoms with Crippen LogP contribution in [0.25, 0.3) is 0 Å². The second kappa shape index (κ2) is 10.5. The van der Waals surface area contributed by atoms with Crippen LogP contribution in [0.1, 0.15) is 32.1 Å². The fourth-order valence-electron chi connectivity index (χ4n) is 1.80. The molecular weight excluding hydrogens is 320 g/mol. The molecule has 106 valence electrons. The van der Waals surface area contributed by atoms with E-state index in [2.05, 4.69) is 52.2 Å². The van der Waals surface area contributed by atoms with Crippen molar-refractivity contribution in [3.05, 3.63) is 41.4 Å². The Kier molecular flexibility index (Phi) is 9.26. The number of hydrazine groups is 1. The normalized spacial score (nSPS) is 12.3. The van der Waals surface area contributed by atoms with Gasteiger partial charge in [-0.2, -0.15) is 0 Å². The largest absolute Gasteiger partial charge is 0.271 e. The molecule has 0 bridgehead atoms. The molecule has 0 heterocycles. The van der Waals surface area contributed by atoms with Crippen LogP contribution in [-0.2, 0) is 0 Å². The van der Waals surface area contributed by atoms with Crippen LogP contribution in [0, 0.1) is 0 Å². The standard InChI is InChI=1S/C15H23BrN2S/c1-2-3-4-5-6-7-14(18-17)12-19-15-10-8-13(16)9-11-15/h2,8-11,14,18H,1,3-7,12,17H2. The van der Waals surface area contributed by atoms with Gasteiger partial charge in [0.2, 0.25) is 0 Å². The lowest BCUT2D eigenvalue weighted by Gasteiger charge is -2.15. The molecule has 2 nitrogen and oxygen atoms in total. The van der Waals surface area contributed by atoms with Crippen molar-refractivity contribution in [1.82, 2.24) is 5.43 Å². The molecule has 0 radical (unpaired) electrons. The zero-order valence-corrected chi connectivity index (χ0v) is 13.7. The van der Waals surface area contributed by atoms with Crippen LogP contribution in [0.15, 0.2) is 46.3 Å². The Balaban J connectivity index is 2.20. The van der Waals surface area contributed by atoms with Crippen LogP contribution in [0.4, 0.5) is 0 Å². The van der Waals surface area contributed by atoms with Crippen molar-refractivity contribution in [2.45, 2.75) is 43.0 Å². The van der Waals surface area contributed by atoms with Gasteiger partial charge in [0.05, 0.1) is 0 Å². The number of nitrogens with one attached hydrogen (secondary N) is 1.